The second-order valence-corrected chi connectivity index (χ2v) is 9.52. The number of anilines is 2. The summed E-state index contributed by atoms with van der Waals surface area (Å²) in [7, 11) is 1.66. The van der Waals surface area contributed by atoms with Crippen molar-refractivity contribution in [2.75, 3.05) is 24.5 Å². The number of carbonyl (C=O) groups excluding carboxylic acids is 1. The highest BCUT2D eigenvalue weighted by Gasteiger charge is 2.37. The van der Waals surface area contributed by atoms with Crippen molar-refractivity contribution in [2.24, 2.45) is 0 Å². The molecule has 3 aromatic rings. The lowest BCUT2D eigenvalue weighted by Gasteiger charge is -2.30. The molecule has 0 spiro atoms. The maximum absolute atomic E-state index is 13.7. The van der Waals surface area contributed by atoms with Gasteiger partial charge in [0, 0.05) is 22.2 Å². The molecule has 0 aromatic heterocycles. The molecule has 0 bridgehead atoms. The monoisotopic (exact) mass is 518 g/mol. The normalized spacial score (nSPS) is 20.6. The molecular weight excluding hydrogens is 496 g/mol. The van der Waals surface area contributed by atoms with E-state index in [4.69, 9.17) is 14.2 Å². The van der Waals surface area contributed by atoms with Crippen LogP contribution in [0.3, 0.4) is 0 Å². The number of methoxy groups -OCH3 is 1. The molecule has 0 unspecified atom stereocenters. The number of allylic oxidation sites excluding steroid dienone is 1. The van der Waals surface area contributed by atoms with E-state index in [0.29, 0.717) is 17.9 Å². The smallest absolute Gasteiger partial charge is 0.231 e. The van der Waals surface area contributed by atoms with Gasteiger partial charge in [0.2, 0.25) is 6.79 Å². The van der Waals surface area contributed by atoms with Crippen molar-refractivity contribution in [1.29, 1.82) is 0 Å². The highest BCUT2D eigenvalue weighted by molar-refractivity contribution is 9.10. The van der Waals surface area contributed by atoms with Gasteiger partial charge in [0.1, 0.15) is 5.75 Å². The number of Topliss-reactive ketones (excluding diaryl/α,β-unsaturated/α-hetero) is 1. The molecule has 0 amide bonds. The standard InChI is InChI=1S/C27H23BrN2O4/c1-32-17-8-6-15(7-9-17)16-10-22-26(23(31)11-16)27(30-21-5-3-2-4-20(21)29-22)18-12-24-25(13-19(18)28)34-14-33-24/h2-9,12-13,16,27,29-30H,10-11,14H2,1H3/t16-,27+/m1/s1. The number of carbonyl (C=O) groups is 1. The fourth-order valence-electron chi connectivity index (χ4n) is 4.99. The maximum atomic E-state index is 13.7. The molecule has 0 radical (unpaired) electrons. The van der Waals surface area contributed by atoms with Crippen LogP contribution in [0.5, 0.6) is 17.2 Å². The van der Waals surface area contributed by atoms with Crippen LogP contribution in [0.4, 0.5) is 11.4 Å². The molecule has 3 aromatic carbocycles. The molecule has 0 saturated heterocycles. The lowest BCUT2D eigenvalue weighted by molar-refractivity contribution is -0.116. The molecule has 2 aliphatic heterocycles. The van der Waals surface area contributed by atoms with Gasteiger partial charge in [-0.05, 0) is 59.9 Å². The summed E-state index contributed by atoms with van der Waals surface area (Å²) in [6.45, 7) is 0.199. The van der Waals surface area contributed by atoms with Crippen LogP contribution >= 0.6 is 15.9 Å². The third-order valence-electron chi connectivity index (χ3n) is 6.70. The van der Waals surface area contributed by atoms with Crippen molar-refractivity contribution >= 4 is 33.1 Å². The molecule has 0 fully saturated rings. The van der Waals surface area contributed by atoms with Gasteiger partial charge in [-0.2, -0.15) is 0 Å². The number of para-hydroxylation sites is 2. The number of ketones is 1. The minimum atomic E-state index is -0.334. The zero-order valence-corrected chi connectivity index (χ0v) is 20.1. The van der Waals surface area contributed by atoms with E-state index in [9.17, 15) is 4.79 Å². The summed E-state index contributed by atoms with van der Waals surface area (Å²) < 4.78 is 17.4. The van der Waals surface area contributed by atoms with Gasteiger partial charge in [0.15, 0.2) is 17.3 Å². The Hall–Kier alpha value is -3.45. The number of fused-ring (bicyclic) bond motifs is 2. The summed E-state index contributed by atoms with van der Waals surface area (Å²) in [5.41, 5.74) is 5.68. The lowest BCUT2D eigenvalue weighted by Crippen LogP contribution is -2.27. The number of hydrogen-bond donors (Lipinski definition) is 2. The van der Waals surface area contributed by atoms with E-state index >= 15 is 0 Å². The largest absolute Gasteiger partial charge is 0.497 e. The van der Waals surface area contributed by atoms with Crippen LogP contribution in [-0.4, -0.2) is 19.7 Å². The number of hydrogen-bond acceptors (Lipinski definition) is 6. The molecule has 2 heterocycles. The SMILES string of the molecule is COc1ccc([C@H]2CC(=O)C3=C(C2)Nc2ccccc2N[C@H]3c2cc3c(cc2Br)OCO3)cc1. The molecule has 7 heteroatoms. The number of benzene rings is 3. The zero-order chi connectivity index (χ0) is 23.2. The van der Waals surface area contributed by atoms with Gasteiger partial charge in [0.05, 0.1) is 24.5 Å². The minimum Gasteiger partial charge on any atom is -0.497 e. The van der Waals surface area contributed by atoms with E-state index in [1.165, 1.54) is 0 Å². The first kappa shape index (κ1) is 21.1. The van der Waals surface area contributed by atoms with Gasteiger partial charge in [-0.25, -0.2) is 0 Å². The van der Waals surface area contributed by atoms with Crippen LogP contribution in [-0.2, 0) is 4.79 Å². The van der Waals surface area contributed by atoms with Crippen LogP contribution in [0.25, 0.3) is 0 Å². The fraction of sp³-hybridized carbons (Fsp3) is 0.222. The Morgan fingerprint density at radius 2 is 1.71 bits per heavy atom. The summed E-state index contributed by atoms with van der Waals surface area (Å²) in [5.74, 6) is 2.42. The summed E-state index contributed by atoms with van der Waals surface area (Å²) in [4.78, 5) is 13.7. The van der Waals surface area contributed by atoms with E-state index in [2.05, 4.69) is 38.7 Å². The highest BCUT2D eigenvalue weighted by Crippen LogP contribution is 2.47. The number of nitrogens with one attached hydrogen (secondary N) is 2. The van der Waals surface area contributed by atoms with Crippen LogP contribution in [0.15, 0.2) is 76.4 Å². The van der Waals surface area contributed by atoms with Crippen LogP contribution in [0, 0.1) is 0 Å². The summed E-state index contributed by atoms with van der Waals surface area (Å²) in [6, 6.07) is 19.6. The van der Waals surface area contributed by atoms with Gasteiger partial charge in [-0.3, -0.25) is 4.79 Å². The Labute approximate surface area is 206 Å². The first-order valence-electron chi connectivity index (χ1n) is 11.2. The first-order chi connectivity index (χ1) is 16.6. The van der Waals surface area contributed by atoms with Crippen LogP contribution in [0.2, 0.25) is 0 Å². The fourth-order valence-corrected chi connectivity index (χ4v) is 5.54. The van der Waals surface area contributed by atoms with Crippen molar-refractivity contribution in [3.05, 3.63) is 87.5 Å². The molecule has 34 heavy (non-hydrogen) atoms. The van der Waals surface area contributed by atoms with Crippen molar-refractivity contribution in [3.63, 3.8) is 0 Å². The number of rotatable bonds is 3. The molecule has 0 saturated carbocycles. The van der Waals surface area contributed by atoms with E-state index in [-0.39, 0.29) is 24.5 Å². The summed E-state index contributed by atoms with van der Waals surface area (Å²) in [5, 5.41) is 7.21. The molecule has 6 nitrogen and oxygen atoms in total. The second kappa shape index (κ2) is 8.40. The average Bonchev–Trinajstić information content (AvgIpc) is 3.23. The van der Waals surface area contributed by atoms with Crippen molar-refractivity contribution in [1.82, 2.24) is 0 Å². The van der Waals surface area contributed by atoms with E-state index < -0.39 is 0 Å². The van der Waals surface area contributed by atoms with Gasteiger partial charge >= 0.3 is 0 Å². The summed E-state index contributed by atoms with van der Waals surface area (Å²) >= 11 is 3.71. The van der Waals surface area contributed by atoms with E-state index in [1.54, 1.807) is 7.11 Å². The van der Waals surface area contributed by atoms with Gasteiger partial charge in [-0.15, -0.1) is 0 Å². The topological polar surface area (TPSA) is 68.8 Å². The quantitative estimate of drug-likeness (QED) is 0.432. The average molecular weight is 519 g/mol. The summed E-state index contributed by atoms with van der Waals surface area (Å²) in [6.07, 6.45) is 1.19. The molecule has 172 valence electrons. The Kier molecular flexibility index (Phi) is 5.21. The predicted octanol–water partition coefficient (Wildman–Crippen LogP) is 6.17. The minimum absolute atomic E-state index is 0.0933. The molecule has 2 atom stereocenters. The maximum Gasteiger partial charge on any atom is 0.231 e. The molecule has 3 aliphatic rings. The van der Waals surface area contributed by atoms with E-state index in [0.717, 1.165) is 50.4 Å². The zero-order valence-electron chi connectivity index (χ0n) is 18.6. The lowest BCUT2D eigenvalue weighted by atomic mass is 9.78. The van der Waals surface area contributed by atoms with Crippen molar-refractivity contribution in [3.8, 4) is 17.2 Å². The number of halogens is 1. The van der Waals surface area contributed by atoms with Crippen molar-refractivity contribution < 1.29 is 19.0 Å². The van der Waals surface area contributed by atoms with Gasteiger partial charge < -0.3 is 24.8 Å². The third kappa shape index (κ3) is 3.60. The Balaban J connectivity index is 1.45. The highest BCUT2D eigenvalue weighted by atomic mass is 79.9. The Morgan fingerprint density at radius 1 is 0.971 bits per heavy atom. The Bertz CT molecular complexity index is 1320. The predicted molar refractivity (Wildman–Crippen MR) is 134 cm³/mol. The van der Waals surface area contributed by atoms with Gasteiger partial charge in [-0.1, -0.05) is 40.2 Å². The van der Waals surface area contributed by atoms with Crippen LogP contribution in [0.1, 0.15) is 35.9 Å². The molecule has 1 aliphatic carbocycles. The second-order valence-electron chi connectivity index (χ2n) is 8.67. The first-order valence-corrected chi connectivity index (χ1v) is 12.0. The molecule has 2 N–H and O–H groups in total. The third-order valence-corrected chi connectivity index (χ3v) is 7.39. The van der Waals surface area contributed by atoms with Gasteiger partial charge in [0.25, 0.3) is 0 Å². The molecular formula is C27H23BrN2O4. The molecule has 6 rings (SSSR count). The van der Waals surface area contributed by atoms with Crippen molar-refractivity contribution in [2.45, 2.75) is 24.8 Å². The van der Waals surface area contributed by atoms with Crippen LogP contribution < -0.4 is 24.8 Å². The van der Waals surface area contributed by atoms with E-state index in [1.807, 2.05) is 48.5 Å². The Morgan fingerprint density at radius 3 is 2.47 bits per heavy atom. The number of ether oxygens (including phenoxy) is 3.